The molecule has 0 aliphatic rings. The van der Waals surface area contributed by atoms with Crippen molar-refractivity contribution in [2.45, 2.75) is 45.4 Å². The molecule has 0 N–H and O–H groups in total. The third kappa shape index (κ3) is 9.45. The summed E-state index contributed by atoms with van der Waals surface area (Å²) in [5, 5.41) is 0. The fourth-order valence-electron chi connectivity index (χ4n) is 2.65. The van der Waals surface area contributed by atoms with Crippen molar-refractivity contribution in [2.75, 3.05) is 19.8 Å². The van der Waals surface area contributed by atoms with Gasteiger partial charge in [-0.3, -0.25) is 0 Å². The Morgan fingerprint density at radius 2 is 1.08 bits per heavy atom. The topological polar surface area (TPSA) is 27.7 Å². The lowest BCUT2D eigenvalue weighted by Gasteiger charge is -2.16. The largest absolute Gasteiger partial charge is 0.332 e. The lowest BCUT2D eigenvalue weighted by Crippen LogP contribution is -2.00. The SMILES string of the molecule is CCOP(OCCCCc1ccccc1)OCCCCc1ccccc1. The molecule has 0 heterocycles. The van der Waals surface area contributed by atoms with Gasteiger partial charge >= 0.3 is 8.60 Å². The first-order valence-corrected chi connectivity index (χ1v) is 10.7. The minimum atomic E-state index is -1.20. The molecule has 0 spiro atoms. The van der Waals surface area contributed by atoms with Crippen molar-refractivity contribution in [3.05, 3.63) is 71.8 Å². The third-order valence-corrected chi connectivity index (χ3v) is 5.29. The summed E-state index contributed by atoms with van der Waals surface area (Å²) >= 11 is 0. The van der Waals surface area contributed by atoms with Gasteiger partial charge in [0.2, 0.25) is 0 Å². The smallest absolute Gasteiger partial charge is 0.313 e. The van der Waals surface area contributed by atoms with Crippen LogP contribution >= 0.6 is 8.60 Å². The first-order valence-electron chi connectivity index (χ1n) is 9.65. The predicted octanol–water partition coefficient (Wildman–Crippen LogP) is 6.33. The lowest BCUT2D eigenvalue weighted by molar-refractivity contribution is 0.161. The number of rotatable bonds is 14. The summed E-state index contributed by atoms with van der Waals surface area (Å²) in [4.78, 5) is 0. The van der Waals surface area contributed by atoms with E-state index in [2.05, 4.69) is 60.7 Å². The van der Waals surface area contributed by atoms with E-state index < -0.39 is 8.60 Å². The molecule has 0 radical (unpaired) electrons. The van der Waals surface area contributed by atoms with Gasteiger partial charge in [0.1, 0.15) is 0 Å². The molecule has 142 valence electrons. The molecule has 0 saturated heterocycles. The highest BCUT2D eigenvalue weighted by Crippen LogP contribution is 2.39. The Bertz CT molecular complexity index is 513. The molecule has 0 aliphatic carbocycles. The van der Waals surface area contributed by atoms with E-state index in [1.54, 1.807) is 0 Å². The minimum absolute atomic E-state index is 0.625. The lowest BCUT2D eigenvalue weighted by atomic mass is 10.1. The fraction of sp³-hybridized carbons (Fsp3) is 0.455. The van der Waals surface area contributed by atoms with Gasteiger partial charge in [0.05, 0.1) is 19.8 Å². The summed E-state index contributed by atoms with van der Waals surface area (Å²) < 4.78 is 17.2. The van der Waals surface area contributed by atoms with Crippen LogP contribution in [0.1, 0.15) is 43.7 Å². The van der Waals surface area contributed by atoms with Crippen LogP contribution in [0.3, 0.4) is 0 Å². The van der Waals surface area contributed by atoms with Crippen molar-refractivity contribution in [1.82, 2.24) is 0 Å². The van der Waals surface area contributed by atoms with E-state index in [1.807, 2.05) is 6.92 Å². The Balaban J connectivity index is 1.51. The second-order valence-electron chi connectivity index (χ2n) is 6.19. The Hall–Kier alpha value is -1.25. The Labute approximate surface area is 159 Å². The Morgan fingerprint density at radius 3 is 1.50 bits per heavy atom. The van der Waals surface area contributed by atoms with Gasteiger partial charge < -0.3 is 13.6 Å². The standard InChI is InChI=1S/C22H31O3P/c1-2-23-26(24-19-11-9-17-21-13-5-3-6-14-21)25-20-12-10-18-22-15-7-4-8-16-22/h3-8,13-16H,2,9-12,17-20H2,1H3. The predicted molar refractivity (Wildman–Crippen MR) is 109 cm³/mol. The van der Waals surface area contributed by atoms with Gasteiger partial charge in [-0.25, -0.2) is 0 Å². The van der Waals surface area contributed by atoms with Crippen LogP contribution in [0.5, 0.6) is 0 Å². The number of hydrogen-bond acceptors (Lipinski definition) is 3. The van der Waals surface area contributed by atoms with E-state index in [0.29, 0.717) is 19.8 Å². The van der Waals surface area contributed by atoms with E-state index >= 15 is 0 Å². The molecule has 0 unspecified atom stereocenters. The van der Waals surface area contributed by atoms with Crippen molar-refractivity contribution in [2.24, 2.45) is 0 Å². The molecule has 3 nitrogen and oxygen atoms in total. The highest BCUT2D eigenvalue weighted by molar-refractivity contribution is 7.41. The van der Waals surface area contributed by atoms with Crippen molar-refractivity contribution in [3.63, 3.8) is 0 Å². The van der Waals surface area contributed by atoms with Crippen LogP contribution in [0.2, 0.25) is 0 Å². The van der Waals surface area contributed by atoms with E-state index in [9.17, 15) is 0 Å². The molecule has 0 atom stereocenters. The number of aryl methyl sites for hydroxylation is 2. The van der Waals surface area contributed by atoms with Crippen molar-refractivity contribution in [1.29, 1.82) is 0 Å². The molecule has 2 rings (SSSR count). The van der Waals surface area contributed by atoms with Crippen LogP contribution in [0.4, 0.5) is 0 Å². The second-order valence-corrected chi connectivity index (χ2v) is 7.42. The summed E-state index contributed by atoms with van der Waals surface area (Å²) in [5.74, 6) is 0. The maximum atomic E-state index is 5.81. The summed E-state index contributed by atoms with van der Waals surface area (Å²) in [6.07, 6.45) is 6.48. The van der Waals surface area contributed by atoms with Crippen molar-refractivity contribution in [3.8, 4) is 0 Å². The molecule has 0 amide bonds. The maximum absolute atomic E-state index is 5.81. The molecule has 0 bridgehead atoms. The quantitative estimate of drug-likeness (QED) is 0.286. The Kier molecular flexibility index (Phi) is 11.2. The molecule has 0 fully saturated rings. The summed E-state index contributed by atoms with van der Waals surface area (Å²) in [7, 11) is -1.20. The molecule has 2 aromatic carbocycles. The number of hydrogen-bond donors (Lipinski definition) is 0. The van der Waals surface area contributed by atoms with E-state index in [0.717, 1.165) is 38.5 Å². The average molecular weight is 374 g/mol. The average Bonchev–Trinajstić information content (AvgIpc) is 2.69. The molecule has 2 aromatic rings. The van der Waals surface area contributed by atoms with Crippen LogP contribution in [0.15, 0.2) is 60.7 Å². The highest BCUT2D eigenvalue weighted by Gasteiger charge is 2.11. The summed E-state index contributed by atoms with van der Waals surface area (Å²) in [6.45, 7) is 4.00. The minimum Gasteiger partial charge on any atom is -0.313 e. The van der Waals surface area contributed by atoms with E-state index in [4.69, 9.17) is 13.6 Å². The summed E-state index contributed by atoms with van der Waals surface area (Å²) in [5.41, 5.74) is 2.77. The van der Waals surface area contributed by atoms with Gasteiger partial charge in [0.25, 0.3) is 0 Å². The molecule has 26 heavy (non-hydrogen) atoms. The van der Waals surface area contributed by atoms with Gasteiger partial charge in [0, 0.05) is 0 Å². The van der Waals surface area contributed by atoms with Crippen molar-refractivity contribution < 1.29 is 13.6 Å². The first-order chi connectivity index (χ1) is 12.9. The van der Waals surface area contributed by atoms with Crippen LogP contribution in [0.25, 0.3) is 0 Å². The maximum Gasteiger partial charge on any atom is 0.332 e. The Morgan fingerprint density at radius 1 is 0.615 bits per heavy atom. The van der Waals surface area contributed by atoms with Gasteiger partial charge in [-0.1, -0.05) is 60.7 Å². The zero-order chi connectivity index (χ0) is 18.3. The third-order valence-electron chi connectivity index (χ3n) is 4.03. The van der Waals surface area contributed by atoms with E-state index in [1.165, 1.54) is 11.1 Å². The second kappa shape index (κ2) is 13.9. The molecule has 0 saturated carbocycles. The molecule has 0 aromatic heterocycles. The zero-order valence-corrected chi connectivity index (χ0v) is 16.7. The van der Waals surface area contributed by atoms with Gasteiger partial charge in [-0.05, 0) is 56.6 Å². The monoisotopic (exact) mass is 374 g/mol. The van der Waals surface area contributed by atoms with E-state index in [-0.39, 0.29) is 0 Å². The van der Waals surface area contributed by atoms with Crippen LogP contribution in [-0.4, -0.2) is 19.8 Å². The molecular weight excluding hydrogens is 343 g/mol. The first kappa shape index (κ1) is 21.1. The van der Waals surface area contributed by atoms with Crippen LogP contribution in [0, 0.1) is 0 Å². The van der Waals surface area contributed by atoms with Gasteiger partial charge in [-0.2, -0.15) is 0 Å². The van der Waals surface area contributed by atoms with Crippen molar-refractivity contribution >= 4 is 8.60 Å². The fourth-order valence-corrected chi connectivity index (χ4v) is 3.64. The highest BCUT2D eigenvalue weighted by atomic mass is 31.2. The number of benzene rings is 2. The summed E-state index contributed by atoms with van der Waals surface area (Å²) in [6, 6.07) is 21.2. The van der Waals surface area contributed by atoms with Crippen LogP contribution < -0.4 is 0 Å². The molecular formula is C22H31O3P. The van der Waals surface area contributed by atoms with Gasteiger partial charge in [-0.15, -0.1) is 0 Å². The van der Waals surface area contributed by atoms with Gasteiger partial charge in [0.15, 0.2) is 0 Å². The zero-order valence-electron chi connectivity index (χ0n) is 15.8. The molecule has 4 heteroatoms. The van der Waals surface area contributed by atoms with Crippen LogP contribution in [-0.2, 0) is 26.4 Å². The normalized spacial score (nSPS) is 11.2. The molecule has 0 aliphatic heterocycles. The number of unbranched alkanes of at least 4 members (excludes halogenated alkanes) is 2.